The van der Waals surface area contributed by atoms with Crippen molar-refractivity contribution >= 4 is 21.6 Å². The van der Waals surface area contributed by atoms with Gasteiger partial charge >= 0.3 is 0 Å². The van der Waals surface area contributed by atoms with E-state index in [1.54, 1.807) is 24.3 Å². The number of amides is 1. The van der Waals surface area contributed by atoms with Crippen LogP contribution in [0.4, 0.5) is 5.69 Å². The van der Waals surface area contributed by atoms with Crippen LogP contribution < -0.4 is 20.5 Å². The van der Waals surface area contributed by atoms with Gasteiger partial charge in [0.2, 0.25) is 10.0 Å². The first-order valence-electron chi connectivity index (χ1n) is 13.3. The van der Waals surface area contributed by atoms with Crippen LogP contribution >= 0.6 is 0 Å². The largest absolute Gasteiger partial charge is 0.490 e. The number of hydrogen-bond acceptors (Lipinski definition) is 7. The summed E-state index contributed by atoms with van der Waals surface area (Å²) in [5.74, 6) is -0.298. The topological polar surface area (TPSA) is 131 Å². The van der Waals surface area contributed by atoms with Gasteiger partial charge in [-0.3, -0.25) is 4.79 Å². The number of aliphatic hydroxyl groups is 1. The van der Waals surface area contributed by atoms with E-state index in [2.05, 4.69) is 17.4 Å². The molecule has 0 aliphatic heterocycles. The molecule has 5 N–H and O–H groups in total. The van der Waals surface area contributed by atoms with Gasteiger partial charge in [-0.15, -0.1) is 0 Å². The summed E-state index contributed by atoms with van der Waals surface area (Å²) in [4.78, 5) is 12.7. The summed E-state index contributed by atoms with van der Waals surface area (Å²) in [5.41, 5.74) is 10.4. The molecule has 0 aromatic heterocycles. The molecule has 1 amide bonds. The summed E-state index contributed by atoms with van der Waals surface area (Å²) in [6.07, 6.45) is 6.32. The molecule has 0 saturated heterocycles. The lowest BCUT2D eigenvalue weighted by Crippen LogP contribution is -2.30. The maximum atomic E-state index is 12.7. The van der Waals surface area contributed by atoms with E-state index < -0.39 is 22.0 Å². The van der Waals surface area contributed by atoms with Gasteiger partial charge in [0.05, 0.1) is 24.0 Å². The van der Waals surface area contributed by atoms with Crippen molar-refractivity contribution in [1.29, 1.82) is 0 Å². The number of carbonyl (C=O) groups is 1. The summed E-state index contributed by atoms with van der Waals surface area (Å²) >= 11 is 0. The Kier molecular flexibility index (Phi) is 9.61. The minimum Gasteiger partial charge on any atom is -0.490 e. The van der Waals surface area contributed by atoms with E-state index in [0.29, 0.717) is 18.0 Å². The maximum Gasteiger partial charge on any atom is 0.268 e. The summed E-state index contributed by atoms with van der Waals surface area (Å²) in [7, 11) is -3.70. The standard InChI is InChI=1S/C30H37N3O5S/c1-39(36,37)33-30(35)27-16-13-24(19-29(27)38-26-5-3-2-4-6-26)22-9-7-21(8-10-22)17-18-32-20-28(34)23-11-14-25(31)15-12-23/h7-16,19,26,28,32,34H,2-6,17-18,20,31H2,1H3,(H,33,35)/t28-/m1/s1. The molecule has 3 aromatic rings. The zero-order chi connectivity index (χ0) is 27.8. The fourth-order valence-electron chi connectivity index (χ4n) is 4.74. The van der Waals surface area contributed by atoms with Crippen molar-refractivity contribution in [1.82, 2.24) is 10.0 Å². The van der Waals surface area contributed by atoms with E-state index in [-0.39, 0.29) is 11.7 Å². The van der Waals surface area contributed by atoms with Crippen LogP contribution in [-0.4, -0.2) is 44.9 Å². The lowest BCUT2D eigenvalue weighted by molar-refractivity contribution is 0.0969. The van der Waals surface area contributed by atoms with Gasteiger partial charge < -0.3 is 20.9 Å². The van der Waals surface area contributed by atoms with Crippen LogP contribution in [0.5, 0.6) is 5.75 Å². The van der Waals surface area contributed by atoms with E-state index in [0.717, 1.165) is 67.2 Å². The van der Waals surface area contributed by atoms with Crippen LogP contribution in [0.3, 0.4) is 0 Å². The van der Waals surface area contributed by atoms with E-state index in [9.17, 15) is 18.3 Å². The Hall–Kier alpha value is -3.40. The molecular weight excluding hydrogens is 514 g/mol. The second-order valence-electron chi connectivity index (χ2n) is 10.1. The van der Waals surface area contributed by atoms with E-state index in [1.807, 2.05) is 35.1 Å². The van der Waals surface area contributed by atoms with E-state index >= 15 is 0 Å². The van der Waals surface area contributed by atoms with Crippen molar-refractivity contribution in [2.75, 3.05) is 25.1 Å². The number of nitrogen functional groups attached to an aromatic ring is 1. The highest BCUT2D eigenvalue weighted by molar-refractivity contribution is 7.89. The van der Waals surface area contributed by atoms with Crippen LogP contribution in [0.1, 0.15) is 59.7 Å². The SMILES string of the molecule is CS(=O)(=O)NC(=O)c1ccc(-c2ccc(CCNC[C@@H](O)c3ccc(N)cc3)cc2)cc1OC1CCCCC1. The second-order valence-corrected chi connectivity index (χ2v) is 11.9. The van der Waals surface area contributed by atoms with Crippen LogP contribution in [0.2, 0.25) is 0 Å². The Morgan fingerprint density at radius 2 is 1.67 bits per heavy atom. The van der Waals surface area contributed by atoms with E-state index in [1.165, 1.54) is 6.42 Å². The van der Waals surface area contributed by atoms with Crippen molar-refractivity contribution in [2.24, 2.45) is 0 Å². The number of hydrogen-bond donors (Lipinski definition) is 4. The Morgan fingerprint density at radius 1 is 1.00 bits per heavy atom. The number of nitrogens with one attached hydrogen (secondary N) is 2. The molecule has 1 atom stereocenters. The molecule has 4 rings (SSSR count). The zero-order valence-electron chi connectivity index (χ0n) is 22.2. The quantitative estimate of drug-likeness (QED) is 0.207. The molecular formula is C30H37N3O5S. The fraction of sp³-hybridized carbons (Fsp3) is 0.367. The normalized spacial score (nSPS) is 15.0. The second kappa shape index (κ2) is 13.1. The minimum absolute atomic E-state index is 0.00667. The van der Waals surface area contributed by atoms with Crippen LogP contribution in [0.15, 0.2) is 66.7 Å². The summed E-state index contributed by atoms with van der Waals surface area (Å²) in [6.45, 7) is 1.17. The first-order chi connectivity index (χ1) is 18.7. The number of nitrogens with two attached hydrogens (primary N) is 1. The molecule has 9 heteroatoms. The summed E-state index contributed by atoms with van der Waals surface area (Å²) < 4.78 is 31.6. The number of carbonyl (C=O) groups excluding carboxylic acids is 1. The Bertz CT molecular complexity index is 1350. The molecule has 1 fully saturated rings. The van der Waals surface area contributed by atoms with Gasteiger partial charge in [-0.05, 0) is 85.2 Å². The van der Waals surface area contributed by atoms with Crippen molar-refractivity contribution in [3.05, 3.63) is 83.4 Å². The molecule has 0 heterocycles. The fourth-order valence-corrected chi connectivity index (χ4v) is 5.19. The highest BCUT2D eigenvalue weighted by atomic mass is 32.2. The molecule has 1 aliphatic rings. The summed E-state index contributed by atoms with van der Waals surface area (Å²) in [5, 5.41) is 13.6. The third kappa shape index (κ3) is 8.54. The summed E-state index contributed by atoms with van der Waals surface area (Å²) in [6, 6.07) is 20.6. The lowest BCUT2D eigenvalue weighted by atomic mass is 9.97. The predicted molar refractivity (Wildman–Crippen MR) is 154 cm³/mol. The average Bonchev–Trinajstić information content (AvgIpc) is 2.91. The molecule has 3 aromatic carbocycles. The van der Waals surface area contributed by atoms with Crippen molar-refractivity contribution in [3.8, 4) is 16.9 Å². The third-order valence-electron chi connectivity index (χ3n) is 6.89. The maximum absolute atomic E-state index is 12.7. The number of anilines is 1. The lowest BCUT2D eigenvalue weighted by Gasteiger charge is -2.24. The third-order valence-corrected chi connectivity index (χ3v) is 7.44. The number of benzene rings is 3. The van der Waals surface area contributed by atoms with Crippen LogP contribution in [0.25, 0.3) is 11.1 Å². The molecule has 1 saturated carbocycles. The molecule has 0 unspecified atom stereocenters. The first-order valence-corrected chi connectivity index (χ1v) is 15.2. The van der Waals surface area contributed by atoms with Crippen molar-refractivity contribution < 1.29 is 23.1 Å². The van der Waals surface area contributed by atoms with Crippen molar-refractivity contribution in [3.63, 3.8) is 0 Å². The van der Waals surface area contributed by atoms with Gasteiger partial charge in [-0.1, -0.05) is 48.9 Å². The molecule has 0 radical (unpaired) electrons. The number of sulfonamides is 1. The molecule has 39 heavy (non-hydrogen) atoms. The zero-order valence-corrected chi connectivity index (χ0v) is 23.0. The first kappa shape index (κ1) is 28.6. The van der Waals surface area contributed by atoms with Gasteiger partial charge in [-0.25, -0.2) is 13.1 Å². The van der Waals surface area contributed by atoms with Gasteiger partial charge in [0.25, 0.3) is 5.91 Å². The number of ether oxygens (including phenoxy) is 1. The smallest absolute Gasteiger partial charge is 0.268 e. The van der Waals surface area contributed by atoms with Crippen LogP contribution in [0, 0.1) is 0 Å². The van der Waals surface area contributed by atoms with Crippen LogP contribution in [-0.2, 0) is 16.4 Å². The Balaban J connectivity index is 1.40. The molecule has 1 aliphatic carbocycles. The van der Waals surface area contributed by atoms with Gasteiger partial charge in [0, 0.05) is 12.2 Å². The van der Waals surface area contributed by atoms with Gasteiger partial charge in [0.1, 0.15) is 5.75 Å². The number of aliphatic hydroxyl groups excluding tert-OH is 1. The highest BCUT2D eigenvalue weighted by Gasteiger charge is 2.21. The Labute approximate surface area is 230 Å². The van der Waals surface area contributed by atoms with Crippen molar-refractivity contribution in [2.45, 2.75) is 50.7 Å². The molecule has 0 spiro atoms. The molecule has 208 valence electrons. The average molecular weight is 552 g/mol. The molecule has 8 nitrogen and oxygen atoms in total. The predicted octanol–water partition coefficient (Wildman–Crippen LogP) is 4.20. The van der Waals surface area contributed by atoms with Gasteiger partial charge in [-0.2, -0.15) is 0 Å². The molecule has 0 bridgehead atoms. The Morgan fingerprint density at radius 3 is 2.33 bits per heavy atom. The van der Waals surface area contributed by atoms with Gasteiger partial charge in [0.15, 0.2) is 0 Å². The van der Waals surface area contributed by atoms with E-state index in [4.69, 9.17) is 10.5 Å². The highest BCUT2D eigenvalue weighted by Crippen LogP contribution is 2.31. The number of rotatable bonds is 11. The minimum atomic E-state index is -3.70. The monoisotopic (exact) mass is 551 g/mol.